The highest BCUT2D eigenvalue weighted by molar-refractivity contribution is 5.31. The normalized spacial score (nSPS) is 12.3. The maximum absolute atomic E-state index is 5.48. The fourth-order valence-corrected chi connectivity index (χ4v) is 0.988. The van der Waals surface area contributed by atoms with Crippen LogP contribution in [0.15, 0.2) is 6.07 Å². The van der Waals surface area contributed by atoms with Crippen LogP contribution in [0.4, 0.5) is 5.95 Å². The molecule has 5 heteroatoms. The van der Waals surface area contributed by atoms with Crippen molar-refractivity contribution in [2.75, 3.05) is 19.0 Å². The van der Waals surface area contributed by atoms with Crippen LogP contribution in [0, 0.1) is 6.92 Å². The Balaban J connectivity index is 2.81. The molecule has 14 heavy (non-hydrogen) atoms. The number of anilines is 1. The number of aromatic nitrogens is 2. The molecule has 0 aliphatic heterocycles. The lowest BCUT2D eigenvalue weighted by molar-refractivity contribution is 0.397. The zero-order chi connectivity index (χ0) is 10.6. The van der Waals surface area contributed by atoms with E-state index in [1.165, 1.54) is 0 Å². The largest absolute Gasteiger partial charge is 0.481 e. The van der Waals surface area contributed by atoms with Gasteiger partial charge in [-0.3, -0.25) is 0 Å². The van der Waals surface area contributed by atoms with Gasteiger partial charge in [0.2, 0.25) is 11.8 Å². The number of ether oxygens (including phenoxy) is 1. The molecule has 0 aliphatic carbocycles. The molecule has 0 saturated carbocycles. The topological polar surface area (TPSA) is 73.1 Å². The molecule has 0 aliphatic rings. The Morgan fingerprint density at radius 3 is 2.86 bits per heavy atom. The molecule has 0 spiro atoms. The van der Waals surface area contributed by atoms with Gasteiger partial charge in [0.05, 0.1) is 7.11 Å². The molecule has 0 amide bonds. The summed E-state index contributed by atoms with van der Waals surface area (Å²) in [6.45, 7) is 4.40. The number of hydrogen-bond donors (Lipinski definition) is 2. The van der Waals surface area contributed by atoms with Crippen LogP contribution < -0.4 is 15.8 Å². The van der Waals surface area contributed by atoms with Crippen LogP contribution in [0.5, 0.6) is 5.88 Å². The molecule has 1 unspecified atom stereocenters. The maximum atomic E-state index is 5.48. The van der Waals surface area contributed by atoms with Gasteiger partial charge in [-0.05, 0) is 13.8 Å². The zero-order valence-corrected chi connectivity index (χ0v) is 8.74. The standard InChI is InChI=1S/C9H16N4O/c1-6-4-8(14-3)13-9(11-6)12-7(2)5-10/h4,7H,5,10H2,1-3H3,(H,11,12,13). The zero-order valence-electron chi connectivity index (χ0n) is 8.74. The van der Waals surface area contributed by atoms with Gasteiger partial charge in [-0.25, -0.2) is 4.98 Å². The predicted octanol–water partition coefficient (Wildman–Crippen LogP) is 0.553. The quantitative estimate of drug-likeness (QED) is 0.735. The smallest absolute Gasteiger partial charge is 0.226 e. The van der Waals surface area contributed by atoms with Gasteiger partial charge in [0.25, 0.3) is 0 Å². The summed E-state index contributed by atoms with van der Waals surface area (Å²) in [7, 11) is 1.58. The van der Waals surface area contributed by atoms with Gasteiger partial charge in [0, 0.05) is 24.3 Å². The number of aryl methyl sites for hydroxylation is 1. The van der Waals surface area contributed by atoms with E-state index in [9.17, 15) is 0 Å². The average molecular weight is 196 g/mol. The van der Waals surface area contributed by atoms with Gasteiger partial charge in [-0.1, -0.05) is 0 Å². The minimum absolute atomic E-state index is 0.154. The fraction of sp³-hybridized carbons (Fsp3) is 0.556. The Kier molecular flexibility index (Phi) is 3.64. The van der Waals surface area contributed by atoms with Crippen molar-refractivity contribution in [2.45, 2.75) is 19.9 Å². The second kappa shape index (κ2) is 4.76. The minimum atomic E-state index is 0.154. The molecular weight excluding hydrogens is 180 g/mol. The number of nitrogens with one attached hydrogen (secondary N) is 1. The van der Waals surface area contributed by atoms with E-state index in [4.69, 9.17) is 10.5 Å². The number of hydrogen-bond acceptors (Lipinski definition) is 5. The molecule has 5 nitrogen and oxygen atoms in total. The molecule has 1 heterocycles. The molecule has 78 valence electrons. The van der Waals surface area contributed by atoms with Gasteiger partial charge >= 0.3 is 0 Å². The summed E-state index contributed by atoms with van der Waals surface area (Å²) in [6, 6.07) is 1.93. The molecule has 0 bridgehead atoms. The number of rotatable bonds is 4. The van der Waals surface area contributed by atoms with Crippen molar-refractivity contribution >= 4 is 5.95 Å². The van der Waals surface area contributed by atoms with Crippen molar-refractivity contribution in [3.63, 3.8) is 0 Å². The van der Waals surface area contributed by atoms with Crippen molar-refractivity contribution in [3.8, 4) is 5.88 Å². The molecule has 1 aromatic heterocycles. The summed E-state index contributed by atoms with van der Waals surface area (Å²) in [5.74, 6) is 1.11. The molecule has 3 N–H and O–H groups in total. The van der Waals surface area contributed by atoms with E-state index in [1.54, 1.807) is 13.2 Å². The van der Waals surface area contributed by atoms with Gasteiger partial charge in [-0.2, -0.15) is 4.98 Å². The van der Waals surface area contributed by atoms with E-state index < -0.39 is 0 Å². The minimum Gasteiger partial charge on any atom is -0.481 e. The third-order valence-electron chi connectivity index (χ3n) is 1.77. The molecular formula is C9H16N4O. The van der Waals surface area contributed by atoms with E-state index in [-0.39, 0.29) is 6.04 Å². The lowest BCUT2D eigenvalue weighted by Gasteiger charge is -2.11. The Morgan fingerprint density at radius 2 is 2.29 bits per heavy atom. The highest BCUT2D eigenvalue weighted by atomic mass is 16.5. The van der Waals surface area contributed by atoms with Crippen molar-refractivity contribution in [2.24, 2.45) is 5.73 Å². The van der Waals surface area contributed by atoms with Crippen LogP contribution in [-0.4, -0.2) is 29.7 Å². The first-order chi connectivity index (χ1) is 6.65. The molecule has 0 saturated heterocycles. The van der Waals surface area contributed by atoms with Gasteiger partial charge in [0.15, 0.2) is 0 Å². The summed E-state index contributed by atoms with van der Waals surface area (Å²) in [5, 5.41) is 3.08. The van der Waals surface area contributed by atoms with Crippen LogP contribution in [0.2, 0.25) is 0 Å². The van der Waals surface area contributed by atoms with Gasteiger partial charge in [-0.15, -0.1) is 0 Å². The van der Waals surface area contributed by atoms with Crippen molar-refractivity contribution in [1.82, 2.24) is 9.97 Å². The molecule has 1 aromatic rings. The summed E-state index contributed by atoms with van der Waals surface area (Å²) >= 11 is 0. The highest BCUT2D eigenvalue weighted by Gasteiger charge is 2.04. The number of nitrogens with two attached hydrogens (primary N) is 1. The maximum Gasteiger partial charge on any atom is 0.226 e. The molecule has 1 rings (SSSR count). The van der Waals surface area contributed by atoms with Crippen molar-refractivity contribution in [3.05, 3.63) is 11.8 Å². The Morgan fingerprint density at radius 1 is 1.57 bits per heavy atom. The van der Waals surface area contributed by atoms with E-state index in [2.05, 4.69) is 15.3 Å². The van der Waals surface area contributed by atoms with Crippen LogP contribution in [0.1, 0.15) is 12.6 Å². The van der Waals surface area contributed by atoms with Crippen LogP contribution in [0.3, 0.4) is 0 Å². The van der Waals surface area contributed by atoms with Crippen LogP contribution >= 0.6 is 0 Å². The van der Waals surface area contributed by atoms with Crippen molar-refractivity contribution in [1.29, 1.82) is 0 Å². The van der Waals surface area contributed by atoms with E-state index in [0.29, 0.717) is 18.4 Å². The SMILES string of the molecule is COc1cc(C)nc(NC(C)CN)n1. The Hall–Kier alpha value is -1.36. The first kappa shape index (κ1) is 10.7. The third-order valence-corrected chi connectivity index (χ3v) is 1.77. The fourth-order valence-electron chi connectivity index (χ4n) is 0.988. The molecule has 0 radical (unpaired) electrons. The second-order valence-corrected chi connectivity index (χ2v) is 3.16. The number of nitrogens with zero attached hydrogens (tertiary/aromatic N) is 2. The van der Waals surface area contributed by atoms with Crippen LogP contribution in [0.25, 0.3) is 0 Å². The first-order valence-corrected chi connectivity index (χ1v) is 4.52. The van der Waals surface area contributed by atoms with E-state index >= 15 is 0 Å². The van der Waals surface area contributed by atoms with Gasteiger partial charge < -0.3 is 15.8 Å². The average Bonchev–Trinajstić information content (AvgIpc) is 2.16. The van der Waals surface area contributed by atoms with Crippen LogP contribution in [-0.2, 0) is 0 Å². The Labute approximate surface area is 83.7 Å². The van der Waals surface area contributed by atoms with Gasteiger partial charge in [0.1, 0.15) is 0 Å². The lowest BCUT2D eigenvalue weighted by Crippen LogP contribution is -2.26. The Bertz CT molecular complexity index is 303. The molecule has 0 fully saturated rings. The number of methoxy groups -OCH3 is 1. The summed E-state index contributed by atoms with van der Waals surface area (Å²) in [4.78, 5) is 8.35. The summed E-state index contributed by atoms with van der Waals surface area (Å²) in [6.07, 6.45) is 0. The predicted molar refractivity (Wildman–Crippen MR) is 55.5 cm³/mol. The summed E-state index contributed by atoms with van der Waals surface area (Å²) < 4.78 is 5.03. The highest BCUT2D eigenvalue weighted by Crippen LogP contribution is 2.11. The van der Waals surface area contributed by atoms with E-state index in [1.807, 2.05) is 13.8 Å². The van der Waals surface area contributed by atoms with E-state index in [0.717, 1.165) is 5.69 Å². The molecule has 0 aromatic carbocycles. The second-order valence-electron chi connectivity index (χ2n) is 3.16. The third kappa shape index (κ3) is 2.85. The summed E-state index contributed by atoms with van der Waals surface area (Å²) in [5.41, 5.74) is 6.34. The lowest BCUT2D eigenvalue weighted by atomic mass is 10.3. The monoisotopic (exact) mass is 196 g/mol. The first-order valence-electron chi connectivity index (χ1n) is 4.52. The van der Waals surface area contributed by atoms with Crippen molar-refractivity contribution < 1.29 is 4.74 Å². The molecule has 1 atom stereocenters.